The Balaban J connectivity index is 1.71. The number of carbonyl (C=O) groups is 1. The van der Waals surface area contributed by atoms with E-state index >= 15 is 0 Å². The number of amides is 1. The van der Waals surface area contributed by atoms with E-state index in [-0.39, 0.29) is 18.0 Å². The number of hydrogen-bond acceptors (Lipinski definition) is 5. The number of carbonyl (C=O) groups excluding carboxylic acids is 1. The van der Waals surface area contributed by atoms with Crippen molar-refractivity contribution in [2.45, 2.75) is 19.8 Å². The molecule has 1 N–H and O–H groups in total. The first-order valence-electron chi connectivity index (χ1n) is 7.48. The number of aryl methyl sites for hydroxylation is 1. The van der Waals surface area contributed by atoms with Gasteiger partial charge >= 0.3 is 0 Å². The molecular formula is C17H15N3O3S. The smallest absolute Gasteiger partial charge is 0.270 e. The molecule has 0 fully saturated rings. The lowest BCUT2D eigenvalue weighted by molar-refractivity contribution is -0.384. The second-order valence-electron chi connectivity index (χ2n) is 5.32. The summed E-state index contributed by atoms with van der Waals surface area (Å²) >= 11 is 1.23. The van der Waals surface area contributed by atoms with Crippen LogP contribution in [0.5, 0.6) is 0 Å². The van der Waals surface area contributed by atoms with Crippen LogP contribution >= 0.6 is 11.3 Å². The largest absolute Gasteiger partial charge is 0.302 e. The summed E-state index contributed by atoms with van der Waals surface area (Å²) in [5.74, 6) is -0.159. The van der Waals surface area contributed by atoms with Crippen molar-refractivity contribution < 1.29 is 9.72 Å². The van der Waals surface area contributed by atoms with Gasteiger partial charge in [0.1, 0.15) is 0 Å². The van der Waals surface area contributed by atoms with E-state index in [1.165, 1.54) is 29.0 Å². The molecule has 0 aliphatic rings. The lowest BCUT2D eigenvalue weighted by Gasteiger charge is -2.03. The van der Waals surface area contributed by atoms with Crippen molar-refractivity contribution in [2.24, 2.45) is 0 Å². The number of nitrogens with one attached hydrogen (secondary N) is 1. The molecular weight excluding hydrogens is 326 g/mol. The molecule has 0 atom stereocenters. The van der Waals surface area contributed by atoms with Gasteiger partial charge in [0, 0.05) is 12.1 Å². The van der Waals surface area contributed by atoms with Crippen molar-refractivity contribution in [3.05, 3.63) is 63.7 Å². The second kappa shape index (κ2) is 6.76. The van der Waals surface area contributed by atoms with Crippen molar-refractivity contribution >= 4 is 38.3 Å². The minimum atomic E-state index is -0.447. The lowest BCUT2D eigenvalue weighted by Crippen LogP contribution is -2.14. The van der Waals surface area contributed by atoms with Crippen LogP contribution < -0.4 is 5.32 Å². The van der Waals surface area contributed by atoms with Gasteiger partial charge in [-0.25, -0.2) is 4.98 Å². The Morgan fingerprint density at radius 1 is 1.21 bits per heavy atom. The zero-order chi connectivity index (χ0) is 17.1. The zero-order valence-corrected chi connectivity index (χ0v) is 13.8. The summed E-state index contributed by atoms with van der Waals surface area (Å²) in [5, 5.41) is 14.0. The SMILES string of the molecule is CCc1ccc(CC(=O)Nc2nc3ccc([N+](=O)[O-])cc3s2)cc1. The predicted molar refractivity (Wildman–Crippen MR) is 94.4 cm³/mol. The molecule has 3 aromatic rings. The molecule has 0 saturated carbocycles. The first-order valence-corrected chi connectivity index (χ1v) is 8.29. The number of aromatic nitrogens is 1. The van der Waals surface area contributed by atoms with E-state index in [1.807, 2.05) is 24.3 Å². The van der Waals surface area contributed by atoms with Gasteiger partial charge in [0.2, 0.25) is 5.91 Å². The molecule has 0 spiro atoms. The number of nitro benzene ring substituents is 1. The van der Waals surface area contributed by atoms with Crippen LogP contribution in [0.1, 0.15) is 18.1 Å². The quantitative estimate of drug-likeness (QED) is 0.562. The van der Waals surface area contributed by atoms with Crippen LogP contribution in [-0.2, 0) is 17.6 Å². The monoisotopic (exact) mass is 341 g/mol. The van der Waals surface area contributed by atoms with Crippen LogP contribution in [0.4, 0.5) is 10.8 Å². The normalized spacial score (nSPS) is 10.7. The van der Waals surface area contributed by atoms with Gasteiger partial charge in [-0.1, -0.05) is 42.5 Å². The van der Waals surface area contributed by atoms with E-state index in [2.05, 4.69) is 17.2 Å². The Morgan fingerprint density at radius 2 is 1.92 bits per heavy atom. The summed E-state index contributed by atoms with van der Waals surface area (Å²) in [6, 6.07) is 12.4. The van der Waals surface area contributed by atoms with Crippen LogP contribution in [0.15, 0.2) is 42.5 Å². The molecule has 2 aromatic carbocycles. The maximum absolute atomic E-state index is 12.1. The summed E-state index contributed by atoms with van der Waals surface area (Å²) in [6.07, 6.45) is 1.23. The molecule has 0 radical (unpaired) electrons. The third-order valence-corrected chi connectivity index (χ3v) is 4.56. The Kier molecular flexibility index (Phi) is 4.52. The van der Waals surface area contributed by atoms with Gasteiger partial charge in [-0.2, -0.15) is 0 Å². The molecule has 0 bridgehead atoms. The van der Waals surface area contributed by atoms with E-state index < -0.39 is 4.92 Å². The van der Waals surface area contributed by atoms with E-state index in [0.29, 0.717) is 15.3 Å². The molecule has 122 valence electrons. The van der Waals surface area contributed by atoms with Crippen LogP contribution in [-0.4, -0.2) is 15.8 Å². The zero-order valence-electron chi connectivity index (χ0n) is 13.0. The Bertz CT molecular complexity index is 903. The molecule has 0 unspecified atom stereocenters. The average molecular weight is 341 g/mol. The van der Waals surface area contributed by atoms with Crippen LogP contribution in [0.3, 0.4) is 0 Å². The Labute approximate surface area is 142 Å². The molecule has 0 aliphatic carbocycles. The summed E-state index contributed by atoms with van der Waals surface area (Å²) in [6.45, 7) is 2.08. The maximum Gasteiger partial charge on any atom is 0.270 e. The number of benzene rings is 2. The number of thiazole rings is 1. The summed E-state index contributed by atoms with van der Waals surface area (Å²) < 4.78 is 0.673. The fourth-order valence-electron chi connectivity index (χ4n) is 2.32. The minimum Gasteiger partial charge on any atom is -0.302 e. The third-order valence-electron chi connectivity index (χ3n) is 3.63. The molecule has 0 aliphatic heterocycles. The summed E-state index contributed by atoms with van der Waals surface area (Å²) in [5.41, 5.74) is 2.81. The van der Waals surface area contributed by atoms with Crippen LogP contribution in [0.2, 0.25) is 0 Å². The van der Waals surface area contributed by atoms with E-state index in [1.54, 1.807) is 6.07 Å². The second-order valence-corrected chi connectivity index (χ2v) is 6.35. The Hall–Kier alpha value is -2.80. The molecule has 3 rings (SSSR count). The highest BCUT2D eigenvalue weighted by atomic mass is 32.1. The molecule has 1 amide bonds. The van der Waals surface area contributed by atoms with E-state index in [9.17, 15) is 14.9 Å². The van der Waals surface area contributed by atoms with E-state index in [4.69, 9.17) is 0 Å². The maximum atomic E-state index is 12.1. The summed E-state index contributed by atoms with van der Waals surface area (Å²) in [4.78, 5) is 26.8. The fraction of sp³-hybridized carbons (Fsp3) is 0.176. The first-order chi connectivity index (χ1) is 11.5. The molecule has 1 aromatic heterocycles. The average Bonchev–Trinajstić information content (AvgIpc) is 2.96. The first kappa shape index (κ1) is 16.1. The van der Waals surface area contributed by atoms with Gasteiger partial charge in [-0.05, 0) is 23.6 Å². The predicted octanol–water partition coefficient (Wildman–Crippen LogP) is 3.95. The minimum absolute atomic E-state index is 0.0139. The topological polar surface area (TPSA) is 85.1 Å². The van der Waals surface area contributed by atoms with Gasteiger partial charge < -0.3 is 5.32 Å². The number of fused-ring (bicyclic) bond motifs is 1. The van der Waals surface area contributed by atoms with Gasteiger partial charge in [-0.3, -0.25) is 14.9 Å². The fourth-order valence-corrected chi connectivity index (χ4v) is 3.24. The van der Waals surface area contributed by atoms with Crippen molar-refractivity contribution in [1.29, 1.82) is 0 Å². The number of anilines is 1. The van der Waals surface area contributed by atoms with Gasteiger partial charge in [0.25, 0.3) is 5.69 Å². The highest BCUT2D eigenvalue weighted by molar-refractivity contribution is 7.22. The molecule has 7 heteroatoms. The highest BCUT2D eigenvalue weighted by Gasteiger charge is 2.12. The number of nitrogens with zero attached hydrogens (tertiary/aromatic N) is 2. The Morgan fingerprint density at radius 3 is 2.58 bits per heavy atom. The van der Waals surface area contributed by atoms with Gasteiger partial charge in [0.15, 0.2) is 5.13 Å². The van der Waals surface area contributed by atoms with Crippen molar-refractivity contribution in [2.75, 3.05) is 5.32 Å². The molecule has 24 heavy (non-hydrogen) atoms. The van der Waals surface area contributed by atoms with Gasteiger partial charge in [0.05, 0.1) is 21.6 Å². The standard InChI is InChI=1S/C17H15N3O3S/c1-2-11-3-5-12(6-4-11)9-16(21)19-17-18-14-8-7-13(20(22)23)10-15(14)24-17/h3-8,10H,2,9H2,1H3,(H,18,19,21). The van der Waals surface area contributed by atoms with Crippen LogP contribution in [0, 0.1) is 10.1 Å². The molecule has 6 nitrogen and oxygen atoms in total. The lowest BCUT2D eigenvalue weighted by atomic mass is 10.1. The third kappa shape index (κ3) is 3.57. The molecule has 0 saturated heterocycles. The number of hydrogen-bond donors (Lipinski definition) is 1. The number of non-ortho nitro benzene ring substituents is 1. The van der Waals surface area contributed by atoms with Crippen molar-refractivity contribution in [1.82, 2.24) is 4.98 Å². The van der Waals surface area contributed by atoms with E-state index in [0.717, 1.165) is 12.0 Å². The summed E-state index contributed by atoms with van der Waals surface area (Å²) in [7, 11) is 0. The highest BCUT2D eigenvalue weighted by Crippen LogP contribution is 2.29. The van der Waals surface area contributed by atoms with Crippen molar-refractivity contribution in [3.8, 4) is 0 Å². The number of rotatable bonds is 5. The van der Waals surface area contributed by atoms with Crippen LogP contribution in [0.25, 0.3) is 10.2 Å². The number of nitro groups is 1. The van der Waals surface area contributed by atoms with Gasteiger partial charge in [-0.15, -0.1) is 0 Å². The van der Waals surface area contributed by atoms with Crippen molar-refractivity contribution in [3.63, 3.8) is 0 Å². The molecule has 1 heterocycles.